The van der Waals surface area contributed by atoms with Crippen molar-refractivity contribution in [1.82, 2.24) is 0 Å². The summed E-state index contributed by atoms with van der Waals surface area (Å²) in [5, 5.41) is 0. The quantitative estimate of drug-likeness (QED) is 0.546. The Morgan fingerprint density at radius 3 is 3.00 bits per heavy atom. The lowest BCUT2D eigenvalue weighted by molar-refractivity contribution is 0.580. The zero-order valence-corrected chi connectivity index (χ0v) is 6.93. The van der Waals surface area contributed by atoms with Crippen molar-refractivity contribution in [3.63, 3.8) is 0 Å². The molecule has 56 valence electrons. The summed E-state index contributed by atoms with van der Waals surface area (Å²) < 4.78 is 0. The number of hydrogen-bond donors (Lipinski definition) is 0. The molecule has 0 amide bonds. The molecular weight excluding hydrogens is 120 g/mol. The second kappa shape index (κ2) is 3.60. The summed E-state index contributed by atoms with van der Waals surface area (Å²) in [6.45, 7) is 4.43. The summed E-state index contributed by atoms with van der Waals surface area (Å²) >= 11 is 0. The van der Waals surface area contributed by atoms with Crippen LogP contribution in [-0.4, -0.2) is 0 Å². The van der Waals surface area contributed by atoms with Gasteiger partial charge in [-0.1, -0.05) is 37.1 Å². The van der Waals surface area contributed by atoms with E-state index in [1.54, 1.807) is 0 Å². The summed E-state index contributed by atoms with van der Waals surface area (Å²) in [5.41, 5.74) is 1.43. The molecule has 0 aromatic carbocycles. The van der Waals surface area contributed by atoms with Crippen LogP contribution in [0.1, 0.15) is 33.1 Å². The summed E-state index contributed by atoms with van der Waals surface area (Å²) in [6.07, 6.45) is 10.8. The third kappa shape index (κ3) is 2.02. The fraction of sp³-hybridized carbons (Fsp3) is 0.600. The van der Waals surface area contributed by atoms with Gasteiger partial charge < -0.3 is 0 Å². The molecule has 0 saturated heterocycles. The molecule has 0 unspecified atom stereocenters. The Balaban J connectivity index is 2.43. The van der Waals surface area contributed by atoms with Crippen molar-refractivity contribution in [2.24, 2.45) is 5.92 Å². The molecule has 0 bridgehead atoms. The monoisotopic (exact) mass is 136 g/mol. The molecule has 1 atom stereocenters. The van der Waals surface area contributed by atoms with E-state index < -0.39 is 0 Å². The molecule has 0 nitrogen and oxygen atoms in total. The van der Waals surface area contributed by atoms with Crippen molar-refractivity contribution >= 4 is 0 Å². The Bertz CT molecular complexity index is 151. The van der Waals surface area contributed by atoms with Crippen molar-refractivity contribution in [3.8, 4) is 0 Å². The molecule has 0 aromatic heterocycles. The maximum Gasteiger partial charge on any atom is -0.0193 e. The fourth-order valence-corrected chi connectivity index (χ4v) is 1.50. The van der Waals surface area contributed by atoms with E-state index in [0.29, 0.717) is 0 Å². The largest absolute Gasteiger partial charge is 0.0837 e. The van der Waals surface area contributed by atoms with E-state index in [0.717, 1.165) is 5.92 Å². The van der Waals surface area contributed by atoms with E-state index in [4.69, 9.17) is 0 Å². The van der Waals surface area contributed by atoms with Crippen LogP contribution >= 0.6 is 0 Å². The minimum atomic E-state index is 0.829. The first-order valence-corrected chi connectivity index (χ1v) is 4.18. The lowest BCUT2D eigenvalue weighted by Crippen LogP contribution is -1.98. The minimum Gasteiger partial charge on any atom is -0.0837 e. The lowest BCUT2D eigenvalue weighted by atomic mass is 9.93. The van der Waals surface area contributed by atoms with Crippen molar-refractivity contribution in [2.45, 2.75) is 33.1 Å². The standard InChI is InChI=1S/C10H16/c1-3-5-10-7-4-6-9(2)8-10/h4,6,8,10H,3,5,7H2,1-2H3/t10-/m1/s1. The second-order valence-corrected chi connectivity index (χ2v) is 3.10. The van der Waals surface area contributed by atoms with Crippen LogP contribution in [-0.2, 0) is 0 Å². The van der Waals surface area contributed by atoms with Gasteiger partial charge in [0, 0.05) is 0 Å². The predicted octanol–water partition coefficient (Wildman–Crippen LogP) is 3.31. The summed E-state index contributed by atoms with van der Waals surface area (Å²) in [7, 11) is 0. The molecule has 0 radical (unpaired) electrons. The van der Waals surface area contributed by atoms with Crippen molar-refractivity contribution in [1.29, 1.82) is 0 Å². The molecule has 1 rings (SSSR count). The van der Waals surface area contributed by atoms with Crippen molar-refractivity contribution in [2.75, 3.05) is 0 Å². The molecular formula is C10H16. The van der Waals surface area contributed by atoms with Crippen LogP contribution in [0, 0.1) is 5.92 Å². The van der Waals surface area contributed by atoms with Gasteiger partial charge in [0.1, 0.15) is 0 Å². The fourth-order valence-electron chi connectivity index (χ4n) is 1.50. The van der Waals surface area contributed by atoms with Gasteiger partial charge in [0.15, 0.2) is 0 Å². The highest BCUT2D eigenvalue weighted by atomic mass is 14.1. The molecule has 0 aliphatic heterocycles. The maximum atomic E-state index is 2.39. The molecule has 1 aliphatic rings. The predicted molar refractivity (Wildman–Crippen MR) is 45.9 cm³/mol. The first kappa shape index (κ1) is 7.59. The topological polar surface area (TPSA) is 0 Å². The van der Waals surface area contributed by atoms with Gasteiger partial charge in [-0.2, -0.15) is 0 Å². The highest BCUT2D eigenvalue weighted by molar-refractivity contribution is 5.21. The molecule has 0 heterocycles. The number of rotatable bonds is 2. The average Bonchev–Trinajstić information content (AvgIpc) is 1.88. The molecule has 0 aromatic rings. The van der Waals surface area contributed by atoms with Gasteiger partial charge in [0.2, 0.25) is 0 Å². The van der Waals surface area contributed by atoms with Crippen LogP contribution in [0.3, 0.4) is 0 Å². The zero-order valence-electron chi connectivity index (χ0n) is 6.93. The first-order chi connectivity index (χ1) is 4.83. The number of allylic oxidation sites excluding steroid dienone is 4. The summed E-state index contributed by atoms with van der Waals surface area (Å²) in [6, 6.07) is 0. The van der Waals surface area contributed by atoms with Crippen LogP contribution in [0.5, 0.6) is 0 Å². The third-order valence-electron chi connectivity index (χ3n) is 1.98. The third-order valence-corrected chi connectivity index (χ3v) is 1.98. The number of hydrogen-bond acceptors (Lipinski definition) is 0. The molecule has 0 N–H and O–H groups in total. The van der Waals surface area contributed by atoms with Gasteiger partial charge in [-0.25, -0.2) is 0 Å². The van der Waals surface area contributed by atoms with Crippen molar-refractivity contribution < 1.29 is 0 Å². The lowest BCUT2D eigenvalue weighted by Gasteiger charge is -2.13. The van der Waals surface area contributed by atoms with E-state index in [1.807, 2.05) is 0 Å². The highest BCUT2D eigenvalue weighted by Gasteiger charge is 2.04. The Morgan fingerprint density at radius 1 is 1.60 bits per heavy atom. The first-order valence-electron chi connectivity index (χ1n) is 4.18. The van der Waals surface area contributed by atoms with E-state index in [9.17, 15) is 0 Å². The Kier molecular flexibility index (Phi) is 2.73. The summed E-state index contributed by atoms with van der Waals surface area (Å²) in [5.74, 6) is 0.829. The van der Waals surface area contributed by atoms with Crippen molar-refractivity contribution in [3.05, 3.63) is 23.8 Å². The van der Waals surface area contributed by atoms with Gasteiger partial charge in [-0.15, -0.1) is 0 Å². The second-order valence-electron chi connectivity index (χ2n) is 3.10. The van der Waals surface area contributed by atoms with Gasteiger partial charge in [0.05, 0.1) is 0 Å². The van der Waals surface area contributed by atoms with Gasteiger partial charge in [-0.05, 0) is 25.7 Å². The van der Waals surface area contributed by atoms with Crippen LogP contribution in [0.2, 0.25) is 0 Å². The van der Waals surface area contributed by atoms with E-state index in [1.165, 1.54) is 24.8 Å². The Hall–Kier alpha value is -0.520. The molecule has 10 heavy (non-hydrogen) atoms. The molecule has 0 fully saturated rings. The highest BCUT2D eigenvalue weighted by Crippen LogP contribution is 2.20. The van der Waals surface area contributed by atoms with Crippen LogP contribution in [0.15, 0.2) is 23.8 Å². The summed E-state index contributed by atoms with van der Waals surface area (Å²) in [4.78, 5) is 0. The minimum absolute atomic E-state index is 0.829. The van der Waals surface area contributed by atoms with E-state index in [2.05, 4.69) is 32.1 Å². The van der Waals surface area contributed by atoms with E-state index in [-0.39, 0.29) is 0 Å². The normalized spacial score (nSPS) is 24.6. The molecule has 0 heteroatoms. The van der Waals surface area contributed by atoms with Gasteiger partial charge >= 0.3 is 0 Å². The SMILES string of the molecule is CCC[C@H]1C=C(C)C=CC1. The zero-order chi connectivity index (χ0) is 7.40. The molecule has 1 aliphatic carbocycles. The molecule has 0 spiro atoms. The Morgan fingerprint density at radius 2 is 2.40 bits per heavy atom. The van der Waals surface area contributed by atoms with Crippen LogP contribution in [0.4, 0.5) is 0 Å². The van der Waals surface area contributed by atoms with Crippen LogP contribution in [0.25, 0.3) is 0 Å². The van der Waals surface area contributed by atoms with Gasteiger partial charge in [-0.3, -0.25) is 0 Å². The Labute approximate surface area is 63.6 Å². The van der Waals surface area contributed by atoms with Crippen LogP contribution < -0.4 is 0 Å². The maximum absolute atomic E-state index is 2.39. The smallest absolute Gasteiger partial charge is 0.0193 e. The average molecular weight is 136 g/mol. The molecule has 0 saturated carbocycles. The van der Waals surface area contributed by atoms with Gasteiger partial charge in [0.25, 0.3) is 0 Å². The van der Waals surface area contributed by atoms with E-state index >= 15 is 0 Å².